The number of piperazine rings is 1. The molecule has 34 heavy (non-hydrogen) atoms. The lowest BCUT2D eigenvalue weighted by Gasteiger charge is -2.35. The summed E-state index contributed by atoms with van der Waals surface area (Å²) in [7, 11) is 0. The molecular weight excluding hydrogens is 430 g/mol. The van der Waals surface area contributed by atoms with Gasteiger partial charge in [-0.25, -0.2) is 4.79 Å². The predicted octanol–water partition coefficient (Wildman–Crippen LogP) is 2.35. The van der Waals surface area contributed by atoms with Crippen molar-refractivity contribution in [2.24, 2.45) is 0 Å². The molecule has 174 valence electrons. The molecule has 8 heteroatoms. The molecule has 5 rings (SSSR count). The van der Waals surface area contributed by atoms with Crippen molar-refractivity contribution in [2.75, 3.05) is 32.7 Å². The fourth-order valence-corrected chi connectivity index (χ4v) is 4.67. The third-order valence-corrected chi connectivity index (χ3v) is 6.78. The lowest BCUT2D eigenvalue weighted by Crippen LogP contribution is -2.51. The van der Waals surface area contributed by atoms with Crippen molar-refractivity contribution in [3.8, 4) is 0 Å². The van der Waals surface area contributed by atoms with Crippen LogP contribution in [0, 0.1) is 0 Å². The molecule has 3 heterocycles. The first-order valence-electron chi connectivity index (χ1n) is 11.5. The van der Waals surface area contributed by atoms with Crippen molar-refractivity contribution in [2.45, 2.75) is 19.0 Å². The summed E-state index contributed by atoms with van der Waals surface area (Å²) in [5, 5.41) is 4.85. The van der Waals surface area contributed by atoms with Gasteiger partial charge in [-0.2, -0.15) is 0 Å². The van der Waals surface area contributed by atoms with Gasteiger partial charge in [0, 0.05) is 45.1 Å². The van der Waals surface area contributed by atoms with Gasteiger partial charge in [-0.1, -0.05) is 36.4 Å². The Morgan fingerprint density at radius 1 is 0.971 bits per heavy atom. The van der Waals surface area contributed by atoms with E-state index in [4.69, 9.17) is 0 Å². The lowest BCUT2D eigenvalue weighted by molar-refractivity contribution is -0.139. The Kier molecular flexibility index (Phi) is 5.75. The first kappa shape index (κ1) is 22.0. The van der Waals surface area contributed by atoms with Crippen LogP contribution in [0.15, 0.2) is 67.0 Å². The maximum atomic E-state index is 13.3. The second-order valence-corrected chi connectivity index (χ2v) is 9.02. The Hall–Kier alpha value is -3.78. The Balaban J connectivity index is 1.23. The van der Waals surface area contributed by atoms with Crippen LogP contribution in [0.4, 0.5) is 4.79 Å². The summed E-state index contributed by atoms with van der Waals surface area (Å²) in [6.45, 7) is 4.86. The Morgan fingerprint density at radius 3 is 2.41 bits per heavy atom. The maximum Gasteiger partial charge on any atom is 0.325 e. The second-order valence-electron chi connectivity index (χ2n) is 9.02. The van der Waals surface area contributed by atoms with E-state index < -0.39 is 17.5 Å². The normalized spacial score (nSPS) is 21.2. The predicted molar refractivity (Wildman–Crippen MR) is 128 cm³/mol. The average molecular weight is 458 g/mol. The Labute approximate surface area is 198 Å². The zero-order valence-electron chi connectivity index (χ0n) is 19.1. The van der Waals surface area contributed by atoms with Crippen molar-refractivity contribution >= 4 is 28.6 Å². The number of fused-ring (bicyclic) bond motifs is 1. The van der Waals surface area contributed by atoms with E-state index in [1.807, 2.05) is 54.6 Å². The number of aromatic nitrogens is 1. The van der Waals surface area contributed by atoms with E-state index in [0.29, 0.717) is 18.7 Å². The Morgan fingerprint density at radius 2 is 1.68 bits per heavy atom. The summed E-state index contributed by atoms with van der Waals surface area (Å²) in [4.78, 5) is 48.1. The Bertz CT molecular complexity index is 1240. The van der Waals surface area contributed by atoms with E-state index in [9.17, 15) is 14.4 Å². The van der Waals surface area contributed by atoms with Gasteiger partial charge < -0.3 is 10.2 Å². The molecule has 0 unspecified atom stereocenters. The molecular formula is C26H27N5O3. The molecule has 0 saturated carbocycles. The second kappa shape index (κ2) is 8.87. The minimum atomic E-state index is -1.20. The van der Waals surface area contributed by atoms with Crippen molar-refractivity contribution in [3.63, 3.8) is 0 Å². The highest BCUT2D eigenvalue weighted by Gasteiger charge is 2.49. The smallest absolute Gasteiger partial charge is 0.325 e. The van der Waals surface area contributed by atoms with Crippen LogP contribution in [-0.2, 0) is 21.7 Å². The number of nitrogens with one attached hydrogen (secondary N) is 1. The SMILES string of the molecule is C[C@]1(c2ccc3ccccc3c2)NC(=O)N(CC(=O)N2CCN(Cc3ccncc3)CC2)C1=O. The third-order valence-electron chi connectivity index (χ3n) is 6.78. The number of nitrogens with zero attached hydrogens (tertiary/aromatic N) is 4. The summed E-state index contributed by atoms with van der Waals surface area (Å²) in [5.41, 5.74) is 0.677. The molecule has 2 aliphatic heterocycles. The minimum absolute atomic E-state index is 0.213. The number of imide groups is 1. The molecule has 0 spiro atoms. The molecule has 2 fully saturated rings. The quantitative estimate of drug-likeness (QED) is 0.595. The van der Waals surface area contributed by atoms with E-state index in [0.717, 1.165) is 35.3 Å². The molecule has 0 bridgehead atoms. The van der Waals surface area contributed by atoms with Crippen molar-refractivity contribution in [1.29, 1.82) is 0 Å². The van der Waals surface area contributed by atoms with Gasteiger partial charge in [0.25, 0.3) is 5.91 Å². The minimum Gasteiger partial charge on any atom is -0.339 e. The third kappa shape index (κ3) is 4.12. The highest BCUT2D eigenvalue weighted by Crippen LogP contribution is 2.31. The van der Waals surface area contributed by atoms with Gasteiger partial charge >= 0.3 is 6.03 Å². The van der Waals surface area contributed by atoms with E-state index >= 15 is 0 Å². The zero-order valence-corrected chi connectivity index (χ0v) is 19.1. The number of carbonyl (C=O) groups excluding carboxylic acids is 3. The monoisotopic (exact) mass is 457 g/mol. The molecule has 2 aliphatic rings. The van der Waals surface area contributed by atoms with Gasteiger partial charge in [-0.3, -0.25) is 24.4 Å². The van der Waals surface area contributed by atoms with E-state index in [-0.39, 0.29) is 12.5 Å². The molecule has 0 aliphatic carbocycles. The highest BCUT2D eigenvalue weighted by molar-refractivity contribution is 6.09. The molecule has 0 radical (unpaired) electrons. The zero-order chi connectivity index (χ0) is 23.7. The van der Waals surface area contributed by atoms with Gasteiger partial charge in [0.15, 0.2) is 0 Å². The summed E-state index contributed by atoms with van der Waals surface area (Å²) in [6, 6.07) is 17.0. The van der Waals surface area contributed by atoms with E-state index in [1.54, 1.807) is 24.2 Å². The van der Waals surface area contributed by atoms with Gasteiger partial charge in [0.1, 0.15) is 12.1 Å². The first-order valence-corrected chi connectivity index (χ1v) is 11.5. The summed E-state index contributed by atoms with van der Waals surface area (Å²) < 4.78 is 0. The van der Waals surface area contributed by atoms with Crippen LogP contribution in [0.3, 0.4) is 0 Å². The van der Waals surface area contributed by atoms with Crippen LogP contribution >= 0.6 is 0 Å². The molecule has 2 aromatic carbocycles. The molecule has 1 atom stereocenters. The number of carbonyl (C=O) groups is 3. The largest absolute Gasteiger partial charge is 0.339 e. The van der Waals surface area contributed by atoms with Gasteiger partial charge in [0.2, 0.25) is 5.91 Å². The molecule has 2 saturated heterocycles. The van der Waals surface area contributed by atoms with Gasteiger partial charge in [0.05, 0.1) is 0 Å². The first-order chi connectivity index (χ1) is 16.4. The molecule has 1 aromatic heterocycles. The maximum absolute atomic E-state index is 13.3. The standard InChI is InChI=1S/C26H27N5O3/c1-26(22-7-6-20-4-2-3-5-21(20)16-22)24(33)31(25(34)28-26)18-23(32)30-14-12-29(13-15-30)17-19-8-10-27-11-9-19/h2-11,16H,12-15,17-18H2,1H3,(H,28,34)/t26-/m1/s1. The fourth-order valence-electron chi connectivity index (χ4n) is 4.67. The summed E-state index contributed by atoms with van der Waals surface area (Å²) >= 11 is 0. The van der Waals surface area contributed by atoms with Gasteiger partial charge in [-0.05, 0) is 47.0 Å². The van der Waals surface area contributed by atoms with Crippen LogP contribution in [0.5, 0.6) is 0 Å². The van der Waals surface area contributed by atoms with Crippen LogP contribution in [0.2, 0.25) is 0 Å². The van der Waals surface area contributed by atoms with Crippen molar-refractivity contribution in [1.82, 2.24) is 25.0 Å². The van der Waals surface area contributed by atoms with Gasteiger partial charge in [-0.15, -0.1) is 0 Å². The van der Waals surface area contributed by atoms with Crippen LogP contribution in [0.1, 0.15) is 18.1 Å². The molecule has 4 amide bonds. The summed E-state index contributed by atoms with van der Waals surface area (Å²) in [6.07, 6.45) is 3.55. The van der Waals surface area contributed by atoms with E-state index in [1.165, 1.54) is 5.56 Å². The lowest BCUT2D eigenvalue weighted by atomic mass is 9.90. The number of hydrogen-bond donors (Lipinski definition) is 1. The van der Waals surface area contributed by atoms with Crippen LogP contribution < -0.4 is 5.32 Å². The van der Waals surface area contributed by atoms with Crippen LogP contribution in [-0.4, -0.2) is 70.3 Å². The van der Waals surface area contributed by atoms with Crippen molar-refractivity contribution < 1.29 is 14.4 Å². The number of hydrogen-bond acceptors (Lipinski definition) is 5. The van der Waals surface area contributed by atoms with E-state index in [2.05, 4.69) is 15.2 Å². The highest BCUT2D eigenvalue weighted by atomic mass is 16.2. The number of benzene rings is 2. The van der Waals surface area contributed by atoms with Crippen LogP contribution in [0.25, 0.3) is 10.8 Å². The fraction of sp³-hybridized carbons (Fsp3) is 0.308. The number of rotatable bonds is 5. The molecule has 3 aromatic rings. The molecule has 1 N–H and O–H groups in total. The molecule has 8 nitrogen and oxygen atoms in total. The average Bonchev–Trinajstić information content (AvgIpc) is 3.08. The number of amides is 4. The number of urea groups is 1. The van der Waals surface area contributed by atoms with Crippen molar-refractivity contribution in [3.05, 3.63) is 78.1 Å². The topological polar surface area (TPSA) is 85.8 Å². The number of pyridine rings is 1. The summed E-state index contributed by atoms with van der Waals surface area (Å²) in [5.74, 6) is -0.618.